The molecule has 1 aromatic rings. The number of hydrogen-bond donors (Lipinski definition) is 1. The van der Waals surface area contributed by atoms with Gasteiger partial charge in [0, 0.05) is 4.88 Å². The minimum absolute atomic E-state index is 0.0724. The van der Waals surface area contributed by atoms with Crippen LogP contribution >= 0.6 is 11.3 Å². The maximum Gasteiger partial charge on any atom is 0.198 e. The predicted octanol–water partition coefficient (Wildman–Crippen LogP) is 1.29. The van der Waals surface area contributed by atoms with Crippen LogP contribution in [0.15, 0.2) is 0 Å². The zero-order valence-corrected chi connectivity index (χ0v) is 8.23. The molecule has 0 amide bonds. The number of carbonyl (C=O) groups is 1. The summed E-state index contributed by atoms with van der Waals surface area (Å²) < 4.78 is 0. The van der Waals surface area contributed by atoms with Crippen molar-refractivity contribution in [1.82, 2.24) is 4.98 Å². The summed E-state index contributed by atoms with van der Waals surface area (Å²) in [7, 11) is 0. The fourth-order valence-electron chi connectivity index (χ4n) is 0.973. The Bertz CT molecular complexity index is 304. The van der Waals surface area contributed by atoms with E-state index in [1.165, 1.54) is 11.3 Å². The van der Waals surface area contributed by atoms with Crippen LogP contribution in [-0.4, -0.2) is 16.8 Å². The summed E-state index contributed by atoms with van der Waals surface area (Å²) in [6.07, 6.45) is 0. The molecular formula is C8H12N2OS. The first-order chi connectivity index (χ1) is 5.52. The molecule has 0 aliphatic rings. The number of ketones is 1. The summed E-state index contributed by atoms with van der Waals surface area (Å²) in [6.45, 7) is 5.45. The average Bonchev–Trinajstić information content (AvgIpc) is 2.28. The van der Waals surface area contributed by atoms with E-state index in [2.05, 4.69) is 4.98 Å². The topological polar surface area (TPSA) is 56.0 Å². The van der Waals surface area contributed by atoms with Crippen molar-refractivity contribution in [3.63, 3.8) is 0 Å². The fraction of sp³-hybridized carbons (Fsp3) is 0.500. The number of aromatic nitrogens is 1. The first-order valence-electron chi connectivity index (χ1n) is 3.76. The van der Waals surface area contributed by atoms with Crippen molar-refractivity contribution in [1.29, 1.82) is 0 Å². The number of rotatable bonds is 2. The number of nitrogens with zero attached hydrogens (tertiary/aromatic N) is 1. The lowest BCUT2D eigenvalue weighted by molar-refractivity contribution is 0.0963. The van der Waals surface area contributed by atoms with Crippen molar-refractivity contribution >= 4 is 17.1 Å². The van der Waals surface area contributed by atoms with Gasteiger partial charge in [0.25, 0.3) is 0 Å². The Hall–Kier alpha value is -0.740. The smallest absolute Gasteiger partial charge is 0.198 e. The molecule has 1 unspecified atom stereocenters. The minimum atomic E-state index is -0.454. The average molecular weight is 184 g/mol. The molecule has 1 rings (SSSR count). The van der Waals surface area contributed by atoms with Gasteiger partial charge in [-0.05, 0) is 20.8 Å². The van der Waals surface area contributed by atoms with Crippen LogP contribution in [0.3, 0.4) is 0 Å². The molecule has 0 aliphatic carbocycles. The lowest BCUT2D eigenvalue weighted by atomic mass is 10.1. The van der Waals surface area contributed by atoms with Crippen molar-refractivity contribution in [2.24, 2.45) is 5.73 Å². The highest BCUT2D eigenvalue weighted by Gasteiger charge is 2.16. The van der Waals surface area contributed by atoms with Crippen LogP contribution in [0.5, 0.6) is 0 Å². The Labute approximate surface area is 75.6 Å². The second kappa shape index (κ2) is 3.33. The third-order valence-electron chi connectivity index (χ3n) is 1.55. The van der Waals surface area contributed by atoms with E-state index in [1.54, 1.807) is 6.92 Å². The first kappa shape index (κ1) is 9.35. The van der Waals surface area contributed by atoms with Gasteiger partial charge in [-0.1, -0.05) is 0 Å². The van der Waals surface area contributed by atoms with Gasteiger partial charge in [0.15, 0.2) is 5.78 Å². The fourth-order valence-corrected chi connectivity index (χ4v) is 1.80. The Balaban J connectivity index is 3.02. The van der Waals surface area contributed by atoms with Crippen LogP contribution in [0, 0.1) is 13.8 Å². The summed E-state index contributed by atoms with van der Waals surface area (Å²) >= 11 is 1.53. The second-order valence-corrected chi connectivity index (χ2v) is 4.20. The van der Waals surface area contributed by atoms with Crippen LogP contribution in [0.1, 0.15) is 27.3 Å². The Kier molecular flexibility index (Phi) is 2.59. The molecular weight excluding hydrogens is 172 g/mol. The van der Waals surface area contributed by atoms with E-state index in [-0.39, 0.29) is 5.78 Å². The number of Topliss-reactive ketones (excluding diaryl/α,β-unsaturated/α-hetero) is 1. The van der Waals surface area contributed by atoms with E-state index in [4.69, 9.17) is 5.73 Å². The Morgan fingerprint density at radius 2 is 2.17 bits per heavy atom. The highest BCUT2D eigenvalue weighted by Crippen LogP contribution is 2.17. The van der Waals surface area contributed by atoms with Crippen LogP contribution in [0.2, 0.25) is 0 Å². The Morgan fingerprint density at radius 1 is 1.58 bits per heavy atom. The van der Waals surface area contributed by atoms with Crippen LogP contribution < -0.4 is 5.73 Å². The number of nitrogens with two attached hydrogens (primary N) is 1. The van der Waals surface area contributed by atoms with Gasteiger partial charge in [0.1, 0.15) is 5.69 Å². The van der Waals surface area contributed by atoms with Gasteiger partial charge < -0.3 is 5.73 Å². The van der Waals surface area contributed by atoms with E-state index in [0.29, 0.717) is 5.69 Å². The van der Waals surface area contributed by atoms with Gasteiger partial charge in [-0.25, -0.2) is 4.98 Å². The van der Waals surface area contributed by atoms with Gasteiger partial charge in [-0.2, -0.15) is 0 Å². The first-order valence-corrected chi connectivity index (χ1v) is 4.58. The third-order valence-corrected chi connectivity index (χ3v) is 2.44. The molecule has 2 N–H and O–H groups in total. The molecule has 0 saturated carbocycles. The van der Waals surface area contributed by atoms with E-state index >= 15 is 0 Å². The number of hydrogen-bond acceptors (Lipinski definition) is 4. The van der Waals surface area contributed by atoms with Gasteiger partial charge in [0.2, 0.25) is 0 Å². The maximum atomic E-state index is 11.4. The second-order valence-electron chi connectivity index (χ2n) is 2.79. The summed E-state index contributed by atoms with van der Waals surface area (Å²) in [5.74, 6) is -0.0724. The van der Waals surface area contributed by atoms with Crippen LogP contribution in [-0.2, 0) is 0 Å². The summed E-state index contributed by atoms with van der Waals surface area (Å²) in [6, 6.07) is -0.454. The van der Waals surface area contributed by atoms with E-state index < -0.39 is 6.04 Å². The molecule has 0 aromatic carbocycles. The molecule has 4 heteroatoms. The Morgan fingerprint density at radius 3 is 2.50 bits per heavy atom. The zero-order chi connectivity index (χ0) is 9.30. The molecule has 1 aromatic heterocycles. The largest absolute Gasteiger partial charge is 0.321 e. The van der Waals surface area contributed by atoms with Crippen molar-refractivity contribution in [2.45, 2.75) is 26.8 Å². The quantitative estimate of drug-likeness (QED) is 0.705. The van der Waals surface area contributed by atoms with E-state index in [9.17, 15) is 4.79 Å². The molecule has 12 heavy (non-hydrogen) atoms. The van der Waals surface area contributed by atoms with Crippen molar-refractivity contribution in [3.8, 4) is 0 Å². The van der Waals surface area contributed by atoms with Crippen molar-refractivity contribution in [2.75, 3.05) is 0 Å². The molecule has 0 spiro atoms. The molecule has 0 radical (unpaired) electrons. The normalized spacial score (nSPS) is 13.0. The minimum Gasteiger partial charge on any atom is -0.321 e. The van der Waals surface area contributed by atoms with Crippen LogP contribution in [0.25, 0.3) is 0 Å². The molecule has 0 fully saturated rings. The monoisotopic (exact) mass is 184 g/mol. The molecule has 3 nitrogen and oxygen atoms in total. The van der Waals surface area contributed by atoms with E-state index in [0.717, 1.165) is 9.88 Å². The van der Waals surface area contributed by atoms with Gasteiger partial charge in [-0.15, -0.1) is 11.3 Å². The molecule has 66 valence electrons. The third kappa shape index (κ3) is 1.70. The van der Waals surface area contributed by atoms with Crippen molar-refractivity contribution in [3.05, 3.63) is 15.6 Å². The lowest BCUT2D eigenvalue weighted by Crippen LogP contribution is -2.27. The highest BCUT2D eigenvalue weighted by atomic mass is 32.1. The summed E-state index contributed by atoms with van der Waals surface area (Å²) in [5.41, 5.74) is 6.00. The summed E-state index contributed by atoms with van der Waals surface area (Å²) in [4.78, 5) is 16.5. The standard InChI is InChI=1S/C8H12N2OS/c1-4(9)8(11)7-5(2)12-6(3)10-7/h4H,9H2,1-3H3. The lowest BCUT2D eigenvalue weighted by Gasteiger charge is -2.00. The number of carbonyl (C=O) groups excluding carboxylic acids is 1. The van der Waals surface area contributed by atoms with Gasteiger partial charge in [0.05, 0.1) is 11.0 Å². The van der Waals surface area contributed by atoms with Crippen molar-refractivity contribution < 1.29 is 4.79 Å². The molecule has 1 heterocycles. The molecule has 0 bridgehead atoms. The van der Waals surface area contributed by atoms with E-state index in [1.807, 2.05) is 13.8 Å². The van der Waals surface area contributed by atoms with Gasteiger partial charge in [-0.3, -0.25) is 4.79 Å². The SMILES string of the molecule is Cc1nc(C(=O)C(C)N)c(C)s1. The molecule has 0 aliphatic heterocycles. The molecule has 0 saturated heterocycles. The predicted molar refractivity (Wildman–Crippen MR) is 49.6 cm³/mol. The zero-order valence-electron chi connectivity index (χ0n) is 7.42. The highest BCUT2D eigenvalue weighted by molar-refractivity contribution is 7.11. The summed E-state index contributed by atoms with van der Waals surface area (Å²) in [5, 5.41) is 0.913. The van der Waals surface area contributed by atoms with Crippen LogP contribution in [0.4, 0.5) is 0 Å². The molecule has 1 atom stereocenters. The number of aryl methyl sites for hydroxylation is 2. The van der Waals surface area contributed by atoms with Gasteiger partial charge >= 0.3 is 0 Å². The maximum absolute atomic E-state index is 11.4. The number of thiazole rings is 1.